The molecule has 1 atom stereocenters. The van der Waals surface area contributed by atoms with Gasteiger partial charge in [-0.1, -0.05) is 36.4 Å². The van der Waals surface area contributed by atoms with Gasteiger partial charge in [-0.2, -0.15) is 4.28 Å². The molecule has 0 bridgehead atoms. The molecule has 0 spiro atoms. The zero-order valence-electron chi connectivity index (χ0n) is 9.42. The van der Waals surface area contributed by atoms with Gasteiger partial charge < -0.3 is 0 Å². The maximum absolute atomic E-state index is 11.9. The molecule has 0 fully saturated rings. The van der Waals surface area contributed by atoms with Crippen LogP contribution in [-0.4, -0.2) is 4.21 Å². The number of aryl methyl sites for hydroxylation is 1. The van der Waals surface area contributed by atoms with Gasteiger partial charge in [0.2, 0.25) is 11.1 Å². The van der Waals surface area contributed by atoms with Crippen LogP contribution >= 0.6 is 0 Å². The molecule has 1 unspecified atom stereocenters. The number of rotatable bonds is 4. The average Bonchev–Trinajstić information content (AvgIpc) is 2.38. The van der Waals surface area contributed by atoms with Crippen molar-refractivity contribution in [1.82, 2.24) is 0 Å². The van der Waals surface area contributed by atoms with E-state index in [1.807, 2.05) is 55.5 Å². The molecule has 0 radical (unpaired) electrons. The van der Waals surface area contributed by atoms with Crippen LogP contribution in [0.1, 0.15) is 5.56 Å². The zero-order valence-corrected chi connectivity index (χ0v) is 10.2. The fraction of sp³-hybridized carbons (Fsp3) is 0.0769. The first kappa shape index (κ1) is 11.8. The van der Waals surface area contributed by atoms with E-state index in [2.05, 4.69) is 5.48 Å². The van der Waals surface area contributed by atoms with Crippen molar-refractivity contribution in [1.29, 1.82) is 0 Å². The third kappa shape index (κ3) is 3.15. The highest BCUT2D eigenvalue weighted by molar-refractivity contribution is 7.80. The lowest BCUT2D eigenvalue weighted by Crippen LogP contribution is -2.06. The lowest BCUT2D eigenvalue weighted by molar-refractivity contribution is 0.436. The molecule has 3 nitrogen and oxygen atoms in total. The van der Waals surface area contributed by atoms with Gasteiger partial charge in [0, 0.05) is 0 Å². The lowest BCUT2D eigenvalue weighted by Gasteiger charge is -2.07. The van der Waals surface area contributed by atoms with Gasteiger partial charge >= 0.3 is 0 Å². The summed E-state index contributed by atoms with van der Waals surface area (Å²) in [6, 6.07) is 16.8. The molecule has 17 heavy (non-hydrogen) atoms. The molecular formula is C13H13NO2S. The predicted octanol–water partition coefficient (Wildman–Crippen LogP) is 3.06. The molecule has 4 heteroatoms. The van der Waals surface area contributed by atoms with Crippen LogP contribution in [0.5, 0.6) is 0 Å². The third-order valence-corrected chi connectivity index (χ3v) is 3.33. The number of para-hydroxylation sites is 1. The summed E-state index contributed by atoms with van der Waals surface area (Å²) in [6.45, 7) is 1.90. The second-order valence-corrected chi connectivity index (χ2v) is 4.63. The lowest BCUT2D eigenvalue weighted by atomic mass is 10.2. The van der Waals surface area contributed by atoms with Crippen molar-refractivity contribution in [3.8, 4) is 0 Å². The SMILES string of the molecule is Cc1ccccc1S(=O)ONc1ccccc1. The molecule has 0 amide bonds. The highest BCUT2D eigenvalue weighted by Gasteiger charge is 2.07. The number of hydrogen-bond donors (Lipinski definition) is 1. The van der Waals surface area contributed by atoms with E-state index in [0.717, 1.165) is 11.3 Å². The molecular weight excluding hydrogens is 234 g/mol. The van der Waals surface area contributed by atoms with Gasteiger partial charge in [0.1, 0.15) is 0 Å². The Hall–Kier alpha value is -1.65. The van der Waals surface area contributed by atoms with E-state index >= 15 is 0 Å². The standard InChI is InChI=1S/C13H13NO2S/c1-11-7-5-6-10-13(11)17(15)16-14-12-8-3-2-4-9-12/h2-10,14H,1H3. The van der Waals surface area contributed by atoms with Crippen LogP contribution in [-0.2, 0) is 15.4 Å². The first-order valence-corrected chi connectivity index (χ1v) is 6.30. The zero-order chi connectivity index (χ0) is 12.1. The first-order chi connectivity index (χ1) is 8.27. The average molecular weight is 247 g/mol. The Labute approximate surface area is 103 Å². The largest absolute Gasteiger partial charge is 0.251 e. The quantitative estimate of drug-likeness (QED) is 0.844. The predicted molar refractivity (Wildman–Crippen MR) is 68.7 cm³/mol. The van der Waals surface area contributed by atoms with Crippen LogP contribution in [0, 0.1) is 6.92 Å². The van der Waals surface area contributed by atoms with Crippen LogP contribution in [0.2, 0.25) is 0 Å². The van der Waals surface area contributed by atoms with Crippen LogP contribution in [0.4, 0.5) is 5.69 Å². The summed E-state index contributed by atoms with van der Waals surface area (Å²) in [5.41, 5.74) is 4.39. The summed E-state index contributed by atoms with van der Waals surface area (Å²) in [6.07, 6.45) is 0. The monoisotopic (exact) mass is 247 g/mol. The Balaban J connectivity index is 2.01. The van der Waals surface area contributed by atoms with E-state index in [1.165, 1.54) is 0 Å². The number of nitrogens with one attached hydrogen (secondary N) is 1. The highest BCUT2D eigenvalue weighted by Crippen LogP contribution is 2.14. The van der Waals surface area contributed by atoms with Crippen molar-refractivity contribution < 1.29 is 8.49 Å². The fourth-order valence-electron chi connectivity index (χ4n) is 1.38. The maximum Gasteiger partial charge on any atom is 0.212 e. The third-order valence-electron chi connectivity index (χ3n) is 2.28. The van der Waals surface area contributed by atoms with E-state index in [0.29, 0.717) is 4.90 Å². The molecule has 2 rings (SSSR count). The smallest absolute Gasteiger partial charge is 0.212 e. The summed E-state index contributed by atoms with van der Waals surface area (Å²) in [4.78, 5) is 0.677. The molecule has 0 aliphatic heterocycles. The van der Waals surface area contributed by atoms with E-state index in [9.17, 15) is 4.21 Å². The molecule has 1 N–H and O–H groups in total. The summed E-state index contributed by atoms with van der Waals surface area (Å²) in [5, 5.41) is 0. The molecule has 2 aromatic carbocycles. The van der Waals surface area contributed by atoms with Gasteiger partial charge in [0.05, 0.1) is 10.6 Å². The van der Waals surface area contributed by atoms with E-state index in [-0.39, 0.29) is 0 Å². The minimum absolute atomic E-state index is 0.677. The highest BCUT2D eigenvalue weighted by atomic mass is 32.2. The molecule has 0 aliphatic carbocycles. The van der Waals surface area contributed by atoms with Crippen LogP contribution in [0.3, 0.4) is 0 Å². The second-order valence-electron chi connectivity index (χ2n) is 3.55. The molecule has 0 saturated heterocycles. The Kier molecular flexibility index (Phi) is 3.90. The molecule has 0 heterocycles. The summed E-state index contributed by atoms with van der Waals surface area (Å²) < 4.78 is 17.0. The van der Waals surface area contributed by atoms with Gasteiger partial charge in [-0.05, 0) is 30.7 Å². The topological polar surface area (TPSA) is 38.3 Å². The molecule has 0 saturated carbocycles. The molecule has 88 valence electrons. The second kappa shape index (κ2) is 5.61. The van der Waals surface area contributed by atoms with Crippen molar-refractivity contribution >= 4 is 16.8 Å². The Morgan fingerprint density at radius 2 is 1.65 bits per heavy atom. The summed E-state index contributed by atoms with van der Waals surface area (Å²) in [5.74, 6) is 0. The van der Waals surface area contributed by atoms with Crippen LogP contribution < -0.4 is 5.48 Å². The van der Waals surface area contributed by atoms with Crippen LogP contribution in [0.15, 0.2) is 59.5 Å². The van der Waals surface area contributed by atoms with Crippen molar-refractivity contribution in [2.75, 3.05) is 5.48 Å². The van der Waals surface area contributed by atoms with E-state index < -0.39 is 11.1 Å². The Morgan fingerprint density at radius 1 is 1.00 bits per heavy atom. The fourth-order valence-corrected chi connectivity index (χ4v) is 2.16. The first-order valence-electron chi connectivity index (χ1n) is 5.23. The van der Waals surface area contributed by atoms with Gasteiger partial charge in [0.15, 0.2) is 0 Å². The molecule has 0 aromatic heterocycles. The normalized spacial score (nSPS) is 12.1. The minimum Gasteiger partial charge on any atom is -0.251 e. The van der Waals surface area contributed by atoms with Crippen LogP contribution in [0.25, 0.3) is 0 Å². The maximum atomic E-state index is 11.9. The van der Waals surface area contributed by atoms with Crippen molar-refractivity contribution in [3.63, 3.8) is 0 Å². The summed E-state index contributed by atoms with van der Waals surface area (Å²) in [7, 11) is 0. The van der Waals surface area contributed by atoms with Gasteiger partial charge in [-0.3, -0.25) is 5.48 Å². The van der Waals surface area contributed by atoms with Crippen molar-refractivity contribution in [3.05, 3.63) is 60.2 Å². The van der Waals surface area contributed by atoms with Gasteiger partial charge in [-0.25, -0.2) is 4.21 Å². The Bertz CT molecular complexity index is 514. The van der Waals surface area contributed by atoms with Crippen molar-refractivity contribution in [2.24, 2.45) is 0 Å². The number of benzene rings is 2. The number of anilines is 1. The van der Waals surface area contributed by atoms with Gasteiger partial charge in [-0.15, -0.1) is 0 Å². The number of hydrogen-bond acceptors (Lipinski definition) is 3. The van der Waals surface area contributed by atoms with E-state index in [1.54, 1.807) is 6.07 Å². The van der Waals surface area contributed by atoms with Crippen molar-refractivity contribution in [2.45, 2.75) is 11.8 Å². The molecule has 2 aromatic rings. The summed E-state index contributed by atoms with van der Waals surface area (Å²) >= 11 is -1.51. The van der Waals surface area contributed by atoms with E-state index in [4.69, 9.17) is 4.28 Å². The minimum atomic E-state index is -1.51. The molecule has 0 aliphatic rings. The van der Waals surface area contributed by atoms with Gasteiger partial charge in [0.25, 0.3) is 0 Å². The Morgan fingerprint density at radius 3 is 2.35 bits per heavy atom.